The molecule has 1 N–H and O–H groups in total. The Bertz CT molecular complexity index is 649. The van der Waals surface area contributed by atoms with E-state index in [9.17, 15) is 18.5 Å². The van der Waals surface area contributed by atoms with Crippen LogP contribution in [-0.4, -0.2) is 19.4 Å². The third kappa shape index (κ3) is 3.53. The number of benzene rings is 1. The maximum absolute atomic E-state index is 12.2. The van der Waals surface area contributed by atoms with Crippen LogP contribution in [0.25, 0.3) is 0 Å². The Morgan fingerprint density at radius 3 is 2.65 bits per heavy atom. The number of nitro groups is 1. The number of nitriles is 1. The first-order valence-corrected chi connectivity index (χ1v) is 7.47. The highest BCUT2D eigenvalue weighted by molar-refractivity contribution is 7.89. The number of nitro benzene ring substituents is 1. The van der Waals surface area contributed by atoms with Crippen LogP contribution in [0.4, 0.5) is 5.69 Å². The van der Waals surface area contributed by atoms with Gasteiger partial charge in [0.15, 0.2) is 0 Å². The molecule has 0 bridgehead atoms. The molecule has 0 spiro atoms. The van der Waals surface area contributed by atoms with Crippen molar-refractivity contribution in [1.29, 1.82) is 5.26 Å². The summed E-state index contributed by atoms with van der Waals surface area (Å²) in [5, 5.41) is 19.7. The molecule has 0 aliphatic rings. The van der Waals surface area contributed by atoms with Gasteiger partial charge in [-0.05, 0) is 19.4 Å². The molecule has 0 aromatic heterocycles. The van der Waals surface area contributed by atoms with E-state index in [0.29, 0.717) is 12.8 Å². The molecule has 1 atom stereocenters. The second-order valence-corrected chi connectivity index (χ2v) is 5.93. The lowest BCUT2D eigenvalue weighted by Crippen LogP contribution is -2.34. The zero-order valence-electron chi connectivity index (χ0n) is 11.2. The van der Waals surface area contributed by atoms with Crippen LogP contribution in [0.3, 0.4) is 0 Å². The quantitative estimate of drug-likeness (QED) is 0.636. The number of sulfonamides is 1. The first kappa shape index (κ1) is 16.1. The minimum absolute atomic E-state index is 0.0539. The van der Waals surface area contributed by atoms with Crippen LogP contribution in [0.1, 0.15) is 25.3 Å². The van der Waals surface area contributed by atoms with Gasteiger partial charge in [0.2, 0.25) is 10.0 Å². The molecule has 1 rings (SSSR count). The Morgan fingerprint density at radius 1 is 1.50 bits per heavy atom. The summed E-state index contributed by atoms with van der Waals surface area (Å²) < 4.78 is 26.6. The molecule has 7 nitrogen and oxygen atoms in total. The molecule has 0 radical (unpaired) electrons. The van der Waals surface area contributed by atoms with Crippen molar-refractivity contribution >= 4 is 15.7 Å². The number of nitrogens with one attached hydrogen (secondary N) is 1. The predicted molar refractivity (Wildman–Crippen MR) is 72.5 cm³/mol. The van der Waals surface area contributed by atoms with Crippen LogP contribution < -0.4 is 4.72 Å². The number of hydrogen-bond acceptors (Lipinski definition) is 5. The van der Waals surface area contributed by atoms with E-state index >= 15 is 0 Å². The zero-order valence-corrected chi connectivity index (χ0v) is 12.0. The van der Waals surface area contributed by atoms with Gasteiger partial charge < -0.3 is 0 Å². The molecular weight excluding hydrogens is 282 g/mol. The SMILES string of the molecule is CCCC(C#N)NS(=O)(=O)c1cccc([N+](=O)[O-])c1C. The van der Waals surface area contributed by atoms with Crippen LogP contribution >= 0.6 is 0 Å². The van der Waals surface area contributed by atoms with E-state index in [-0.39, 0.29) is 16.1 Å². The summed E-state index contributed by atoms with van der Waals surface area (Å²) >= 11 is 0. The Labute approximate surface area is 117 Å². The van der Waals surface area contributed by atoms with Crippen molar-refractivity contribution in [2.75, 3.05) is 0 Å². The minimum Gasteiger partial charge on any atom is -0.258 e. The van der Waals surface area contributed by atoms with Crippen LogP contribution in [0.15, 0.2) is 23.1 Å². The fraction of sp³-hybridized carbons (Fsp3) is 0.417. The van der Waals surface area contributed by atoms with Gasteiger partial charge in [0.05, 0.1) is 15.9 Å². The lowest BCUT2D eigenvalue weighted by atomic mass is 10.2. The van der Waals surface area contributed by atoms with Crippen molar-refractivity contribution in [3.63, 3.8) is 0 Å². The highest BCUT2D eigenvalue weighted by Gasteiger charge is 2.25. The van der Waals surface area contributed by atoms with Gasteiger partial charge in [0.1, 0.15) is 6.04 Å². The van der Waals surface area contributed by atoms with Gasteiger partial charge in [-0.25, -0.2) is 8.42 Å². The molecule has 0 aliphatic carbocycles. The Kier molecular flexibility index (Phi) is 5.19. The molecule has 108 valence electrons. The van der Waals surface area contributed by atoms with Crippen LogP contribution in [0, 0.1) is 28.4 Å². The van der Waals surface area contributed by atoms with Crippen LogP contribution in [0.5, 0.6) is 0 Å². The standard InChI is InChI=1S/C12H15N3O4S/c1-3-5-10(8-13)14-20(18,19)12-7-4-6-11(9(12)2)15(16)17/h4,6-7,10,14H,3,5H2,1-2H3. The third-order valence-electron chi connectivity index (χ3n) is 2.77. The summed E-state index contributed by atoms with van der Waals surface area (Å²) in [5.74, 6) is 0. The van der Waals surface area contributed by atoms with Gasteiger partial charge >= 0.3 is 0 Å². The maximum atomic E-state index is 12.2. The Hall–Kier alpha value is -1.98. The summed E-state index contributed by atoms with van der Waals surface area (Å²) in [7, 11) is -3.96. The third-order valence-corrected chi connectivity index (χ3v) is 4.39. The van der Waals surface area contributed by atoms with Gasteiger partial charge in [-0.15, -0.1) is 0 Å². The molecule has 1 unspecified atom stereocenters. The summed E-state index contributed by atoms with van der Waals surface area (Å²) in [4.78, 5) is 10.0. The molecule has 0 fully saturated rings. The molecule has 1 aromatic rings. The lowest BCUT2D eigenvalue weighted by Gasteiger charge is -2.12. The maximum Gasteiger partial charge on any atom is 0.273 e. The van der Waals surface area contributed by atoms with E-state index in [2.05, 4.69) is 4.72 Å². The molecule has 0 saturated carbocycles. The number of rotatable bonds is 6. The van der Waals surface area contributed by atoms with E-state index in [1.54, 1.807) is 0 Å². The molecule has 0 aliphatic heterocycles. The highest BCUT2D eigenvalue weighted by atomic mass is 32.2. The molecule has 0 heterocycles. The van der Waals surface area contributed by atoms with E-state index in [4.69, 9.17) is 5.26 Å². The topological polar surface area (TPSA) is 113 Å². The molecule has 0 saturated heterocycles. The minimum atomic E-state index is -3.96. The smallest absolute Gasteiger partial charge is 0.258 e. The number of hydrogen-bond donors (Lipinski definition) is 1. The van der Waals surface area contributed by atoms with E-state index in [1.807, 2.05) is 13.0 Å². The fourth-order valence-corrected chi connectivity index (χ4v) is 3.22. The molecule has 0 amide bonds. The van der Waals surface area contributed by atoms with Crippen molar-refractivity contribution in [1.82, 2.24) is 4.72 Å². The van der Waals surface area contributed by atoms with E-state index < -0.39 is 21.0 Å². The van der Waals surface area contributed by atoms with Gasteiger partial charge in [0, 0.05) is 11.6 Å². The van der Waals surface area contributed by atoms with E-state index in [1.165, 1.54) is 25.1 Å². The predicted octanol–water partition coefficient (Wildman–Crippen LogP) is 1.87. The average Bonchev–Trinajstić information content (AvgIpc) is 2.37. The van der Waals surface area contributed by atoms with Crippen LogP contribution in [-0.2, 0) is 10.0 Å². The largest absolute Gasteiger partial charge is 0.273 e. The Morgan fingerprint density at radius 2 is 2.15 bits per heavy atom. The average molecular weight is 297 g/mol. The van der Waals surface area contributed by atoms with Gasteiger partial charge in [0.25, 0.3) is 5.69 Å². The lowest BCUT2D eigenvalue weighted by molar-refractivity contribution is -0.385. The monoisotopic (exact) mass is 297 g/mol. The zero-order chi connectivity index (χ0) is 15.3. The molecule has 20 heavy (non-hydrogen) atoms. The van der Waals surface area contributed by atoms with Crippen molar-refractivity contribution in [3.05, 3.63) is 33.9 Å². The summed E-state index contributed by atoms with van der Waals surface area (Å²) in [6.45, 7) is 3.20. The normalized spacial score (nSPS) is 12.7. The summed E-state index contributed by atoms with van der Waals surface area (Å²) in [6, 6.07) is 4.85. The molecule has 1 aromatic carbocycles. The number of nitrogens with zero attached hydrogens (tertiary/aromatic N) is 2. The van der Waals surface area contributed by atoms with E-state index in [0.717, 1.165) is 0 Å². The van der Waals surface area contributed by atoms with Crippen molar-refractivity contribution in [3.8, 4) is 6.07 Å². The second-order valence-electron chi connectivity index (χ2n) is 4.25. The summed E-state index contributed by atoms with van der Waals surface area (Å²) in [5.41, 5.74) is -0.213. The first-order valence-electron chi connectivity index (χ1n) is 5.99. The summed E-state index contributed by atoms with van der Waals surface area (Å²) in [6.07, 6.45) is 1.03. The Balaban J connectivity index is 3.20. The van der Waals surface area contributed by atoms with Gasteiger partial charge in [-0.1, -0.05) is 19.4 Å². The molecule has 8 heteroatoms. The van der Waals surface area contributed by atoms with Gasteiger partial charge in [-0.2, -0.15) is 9.98 Å². The van der Waals surface area contributed by atoms with Crippen LogP contribution in [0.2, 0.25) is 0 Å². The fourth-order valence-electron chi connectivity index (χ4n) is 1.78. The van der Waals surface area contributed by atoms with Crippen molar-refractivity contribution in [2.24, 2.45) is 0 Å². The van der Waals surface area contributed by atoms with Crippen molar-refractivity contribution < 1.29 is 13.3 Å². The first-order chi connectivity index (χ1) is 9.33. The highest BCUT2D eigenvalue weighted by Crippen LogP contribution is 2.24. The molecular formula is C12H15N3O4S. The van der Waals surface area contributed by atoms with Crippen molar-refractivity contribution in [2.45, 2.75) is 37.6 Å². The van der Waals surface area contributed by atoms with Gasteiger partial charge in [-0.3, -0.25) is 10.1 Å². The second kappa shape index (κ2) is 6.45.